The van der Waals surface area contributed by atoms with Gasteiger partial charge in [-0.1, -0.05) is 30.3 Å². The van der Waals surface area contributed by atoms with Crippen molar-refractivity contribution < 1.29 is 5.11 Å². The predicted molar refractivity (Wildman–Crippen MR) is 71.0 cm³/mol. The second-order valence-electron chi connectivity index (χ2n) is 5.16. The molecule has 0 radical (unpaired) electrons. The number of benzene rings is 1. The number of nitrogens with zero attached hydrogens (tertiary/aromatic N) is 1. The maximum Gasteiger partial charge on any atom is 0.0541 e. The number of rotatable bonds is 4. The Morgan fingerprint density at radius 2 is 1.88 bits per heavy atom. The van der Waals surface area contributed by atoms with E-state index in [1.165, 1.54) is 5.56 Å². The third-order valence-corrected chi connectivity index (χ3v) is 3.87. The molecule has 1 N–H and O–H groups in total. The lowest BCUT2D eigenvalue weighted by molar-refractivity contribution is 0.0723. The highest BCUT2D eigenvalue weighted by Crippen LogP contribution is 2.20. The predicted octanol–water partition coefficient (Wildman–Crippen LogP) is 2.32. The molecule has 2 rings (SSSR count). The number of aliphatic hydroxyl groups excluding tert-OH is 1. The number of likely N-dealkylation sites (tertiary alicyclic amines) is 1. The van der Waals surface area contributed by atoms with E-state index in [0.29, 0.717) is 5.92 Å². The van der Waals surface area contributed by atoms with Crippen molar-refractivity contribution in [2.75, 3.05) is 19.6 Å². The van der Waals surface area contributed by atoms with Crippen LogP contribution in [0.2, 0.25) is 0 Å². The second-order valence-corrected chi connectivity index (χ2v) is 5.16. The van der Waals surface area contributed by atoms with Gasteiger partial charge in [0, 0.05) is 6.54 Å². The van der Waals surface area contributed by atoms with Gasteiger partial charge in [0.1, 0.15) is 0 Å². The number of piperidine rings is 1. The highest BCUT2D eigenvalue weighted by Gasteiger charge is 2.21. The van der Waals surface area contributed by atoms with Crippen molar-refractivity contribution in [1.82, 2.24) is 4.90 Å². The number of aliphatic hydroxyl groups is 1. The zero-order valence-corrected chi connectivity index (χ0v) is 10.7. The Balaban J connectivity index is 1.72. The summed E-state index contributed by atoms with van der Waals surface area (Å²) in [6, 6.07) is 10.7. The summed E-state index contributed by atoms with van der Waals surface area (Å²) >= 11 is 0. The molecular weight excluding hydrogens is 210 g/mol. The molecule has 0 aliphatic carbocycles. The van der Waals surface area contributed by atoms with Crippen molar-refractivity contribution in [3.8, 4) is 0 Å². The van der Waals surface area contributed by atoms with Gasteiger partial charge in [-0.2, -0.15) is 0 Å². The van der Waals surface area contributed by atoms with Gasteiger partial charge >= 0.3 is 0 Å². The number of hydrogen-bond donors (Lipinski definition) is 1. The molecule has 0 bridgehead atoms. The highest BCUT2D eigenvalue weighted by atomic mass is 16.3. The maximum atomic E-state index is 9.55. The molecule has 1 aliphatic heterocycles. The van der Waals surface area contributed by atoms with Crippen LogP contribution in [0.1, 0.15) is 25.3 Å². The zero-order chi connectivity index (χ0) is 12.1. The molecule has 94 valence electrons. The Bertz CT molecular complexity index is 315. The summed E-state index contributed by atoms with van der Waals surface area (Å²) in [4.78, 5) is 2.52. The Morgan fingerprint density at radius 3 is 2.47 bits per heavy atom. The molecule has 1 aromatic rings. The molecule has 2 nitrogen and oxygen atoms in total. The van der Waals surface area contributed by atoms with Gasteiger partial charge in [0.2, 0.25) is 0 Å². The van der Waals surface area contributed by atoms with E-state index in [-0.39, 0.29) is 6.10 Å². The van der Waals surface area contributed by atoms with Crippen molar-refractivity contribution in [1.29, 1.82) is 0 Å². The summed E-state index contributed by atoms with van der Waals surface area (Å²) in [5.74, 6) is 0.517. The lowest BCUT2D eigenvalue weighted by atomic mass is 9.92. The molecule has 17 heavy (non-hydrogen) atoms. The van der Waals surface area contributed by atoms with Crippen LogP contribution in [0, 0.1) is 5.92 Å². The van der Waals surface area contributed by atoms with E-state index in [2.05, 4.69) is 35.2 Å². The molecule has 0 spiro atoms. The summed E-state index contributed by atoms with van der Waals surface area (Å²) in [5.41, 5.74) is 1.42. The van der Waals surface area contributed by atoms with E-state index in [4.69, 9.17) is 0 Å². The molecule has 1 saturated heterocycles. The van der Waals surface area contributed by atoms with E-state index in [9.17, 15) is 5.11 Å². The fourth-order valence-electron chi connectivity index (χ4n) is 2.59. The van der Waals surface area contributed by atoms with Gasteiger partial charge in [-0.3, -0.25) is 0 Å². The van der Waals surface area contributed by atoms with Crippen LogP contribution in [0.5, 0.6) is 0 Å². The fourth-order valence-corrected chi connectivity index (χ4v) is 2.59. The van der Waals surface area contributed by atoms with Crippen LogP contribution >= 0.6 is 0 Å². The standard InChI is InChI=1S/C15H23NO/c1-13(17)15-8-11-16(12-9-15)10-7-14-5-3-2-4-6-14/h2-6,13,15,17H,7-12H2,1H3. The van der Waals surface area contributed by atoms with Crippen LogP contribution in [0.15, 0.2) is 30.3 Å². The summed E-state index contributed by atoms with van der Waals surface area (Å²) in [6.07, 6.45) is 3.30. The summed E-state index contributed by atoms with van der Waals surface area (Å²) in [6.45, 7) is 5.35. The van der Waals surface area contributed by atoms with Crippen molar-refractivity contribution in [3.05, 3.63) is 35.9 Å². The van der Waals surface area contributed by atoms with E-state index in [1.807, 2.05) is 6.92 Å². The Kier molecular flexibility index (Phi) is 4.57. The molecule has 1 aliphatic rings. The first-order valence-corrected chi connectivity index (χ1v) is 6.70. The van der Waals surface area contributed by atoms with E-state index in [1.54, 1.807) is 0 Å². The third-order valence-electron chi connectivity index (χ3n) is 3.87. The van der Waals surface area contributed by atoms with Gasteiger partial charge in [-0.25, -0.2) is 0 Å². The van der Waals surface area contributed by atoms with Gasteiger partial charge in [0.15, 0.2) is 0 Å². The zero-order valence-electron chi connectivity index (χ0n) is 10.7. The molecule has 1 unspecified atom stereocenters. The maximum absolute atomic E-state index is 9.55. The van der Waals surface area contributed by atoms with Gasteiger partial charge in [-0.15, -0.1) is 0 Å². The monoisotopic (exact) mass is 233 g/mol. The van der Waals surface area contributed by atoms with Crippen molar-refractivity contribution in [2.24, 2.45) is 5.92 Å². The van der Waals surface area contributed by atoms with Crippen LogP contribution in [0.25, 0.3) is 0 Å². The summed E-state index contributed by atoms with van der Waals surface area (Å²) in [5, 5.41) is 9.55. The van der Waals surface area contributed by atoms with Gasteiger partial charge in [-0.05, 0) is 50.8 Å². The number of hydrogen-bond acceptors (Lipinski definition) is 2. The van der Waals surface area contributed by atoms with Crippen LogP contribution in [0.4, 0.5) is 0 Å². The van der Waals surface area contributed by atoms with Crippen molar-refractivity contribution in [3.63, 3.8) is 0 Å². The normalized spacial score (nSPS) is 20.4. The minimum atomic E-state index is -0.133. The second kappa shape index (κ2) is 6.18. The largest absolute Gasteiger partial charge is 0.393 e. The van der Waals surface area contributed by atoms with Gasteiger partial charge in [0.25, 0.3) is 0 Å². The van der Waals surface area contributed by atoms with Crippen LogP contribution in [-0.2, 0) is 6.42 Å². The smallest absolute Gasteiger partial charge is 0.0541 e. The van der Waals surface area contributed by atoms with Crippen molar-refractivity contribution >= 4 is 0 Å². The molecule has 1 aromatic carbocycles. The molecular formula is C15H23NO. The van der Waals surface area contributed by atoms with Crippen LogP contribution in [0.3, 0.4) is 0 Å². The molecule has 1 atom stereocenters. The average molecular weight is 233 g/mol. The SMILES string of the molecule is CC(O)C1CCN(CCc2ccccc2)CC1. The molecule has 1 fully saturated rings. The summed E-state index contributed by atoms with van der Waals surface area (Å²) < 4.78 is 0. The minimum Gasteiger partial charge on any atom is -0.393 e. The first-order chi connectivity index (χ1) is 8.25. The lowest BCUT2D eigenvalue weighted by Crippen LogP contribution is -2.38. The molecule has 0 saturated carbocycles. The minimum absolute atomic E-state index is 0.133. The Hall–Kier alpha value is -0.860. The average Bonchev–Trinajstić information content (AvgIpc) is 2.38. The quantitative estimate of drug-likeness (QED) is 0.862. The molecule has 0 amide bonds. The first-order valence-electron chi connectivity index (χ1n) is 6.70. The van der Waals surface area contributed by atoms with Crippen molar-refractivity contribution in [2.45, 2.75) is 32.3 Å². The van der Waals surface area contributed by atoms with E-state index < -0.39 is 0 Å². The fraction of sp³-hybridized carbons (Fsp3) is 0.600. The van der Waals surface area contributed by atoms with Crippen LogP contribution in [-0.4, -0.2) is 35.7 Å². The topological polar surface area (TPSA) is 23.5 Å². The van der Waals surface area contributed by atoms with E-state index >= 15 is 0 Å². The summed E-state index contributed by atoms with van der Waals surface area (Å²) in [7, 11) is 0. The highest BCUT2D eigenvalue weighted by molar-refractivity contribution is 5.14. The van der Waals surface area contributed by atoms with Gasteiger partial charge in [0.05, 0.1) is 6.10 Å². The van der Waals surface area contributed by atoms with E-state index in [0.717, 1.165) is 38.9 Å². The Labute approximate surface area is 104 Å². The lowest BCUT2D eigenvalue weighted by Gasteiger charge is -2.33. The molecule has 2 heteroatoms. The first kappa shape index (κ1) is 12.6. The molecule has 0 aromatic heterocycles. The Morgan fingerprint density at radius 1 is 1.24 bits per heavy atom. The van der Waals surface area contributed by atoms with Crippen LogP contribution < -0.4 is 0 Å². The molecule has 1 heterocycles. The third kappa shape index (κ3) is 3.83. The van der Waals surface area contributed by atoms with Gasteiger partial charge < -0.3 is 10.0 Å².